The number of halogens is 1. The molecule has 1 saturated heterocycles. The Balaban J connectivity index is 2.06. The Labute approximate surface area is 82.7 Å². The Morgan fingerprint density at radius 1 is 1.29 bits per heavy atom. The van der Waals surface area contributed by atoms with Gasteiger partial charge < -0.3 is 5.32 Å². The quantitative estimate of drug-likeness (QED) is 0.656. The fourth-order valence-electron chi connectivity index (χ4n) is 1.66. The third-order valence-corrected chi connectivity index (χ3v) is 2.52. The van der Waals surface area contributed by atoms with Gasteiger partial charge in [0.1, 0.15) is 5.82 Å². The molecule has 1 aliphatic rings. The standard InChI is InChI=1S/C10H14FN3/c1-12-10-6-9(13-14-10)7-2-4-8(11)5-3-7/h2-5,9-10,12-14H,6H2,1H3. The van der Waals surface area contributed by atoms with E-state index < -0.39 is 0 Å². The van der Waals surface area contributed by atoms with Crippen molar-refractivity contribution >= 4 is 0 Å². The second kappa shape index (κ2) is 4.04. The molecule has 0 aliphatic carbocycles. The first kappa shape index (κ1) is 9.58. The van der Waals surface area contributed by atoms with Gasteiger partial charge in [-0.05, 0) is 31.2 Å². The SMILES string of the molecule is CNC1CC(c2ccc(F)cc2)NN1. The first-order chi connectivity index (χ1) is 6.79. The fourth-order valence-corrected chi connectivity index (χ4v) is 1.66. The minimum atomic E-state index is -0.190. The number of nitrogens with one attached hydrogen (secondary N) is 3. The Kier molecular flexibility index (Phi) is 2.77. The zero-order valence-electron chi connectivity index (χ0n) is 8.05. The maximum Gasteiger partial charge on any atom is 0.123 e. The molecule has 2 unspecified atom stereocenters. The average Bonchev–Trinajstić information content (AvgIpc) is 2.67. The third-order valence-electron chi connectivity index (χ3n) is 2.52. The van der Waals surface area contributed by atoms with E-state index in [-0.39, 0.29) is 18.0 Å². The van der Waals surface area contributed by atoms with E-state index in [9.17, 15) is 4.39 Å². The molecule has 0 amide bonds. The minimum absolute atomic E-state index is 0.190. The predicted octanol–water partition coefficient (Wildman–Crippen LogP) is 0.910. The molecule has 0 radical (unpaired) electrons. The number of hydrogen-bond donors (Lipinski definition) is 3. The zero-order valence-corrected chi connectivity index (χ0v) is 8.05. The van der Waals surface area contributed by atoms with Crippen molar-refractivity contribution in [2.75, 3.05) is 7.05 Å². The first-order valence-electron chi connectivity index (χ1n) is 4.73. The van der Waals surface area contributed by atoms with Gasteiger partial charge in [-0.15, -0.1) is 0 Å². The van der Waals surface area contributed by atoms with Crippen molar-refractivity contribution in [3.05, 3.63) is 35.6 Å². The van der Waals surface area contributed by atoms with Gasteiger partial charge in [0, 0.05) is 6.04 Å². The van der Waals surface area contributed by atoms with Crippen molar-refractivity contribution in [1.29, 1.82) is 0 Å². The van der Waals surface area contributed by atoms with Gasteiger partial charge in [0.2, 0.25) is 0 Å². The van der Waals surface area contributed by atoms with Crippen LogP contribution >= 0.6 is 0 Å². The van der Waals surface area contributed by atoms with Crippen LogP contribution in [0.1, 0.15) is 18.0 Å². The van der Waals surface area contributed by atoms with Crippen LogP contribution in [0.25, 0.3) is 0 Å². The molecule has 4 heteroatoms. The van der Waals surface area contributed by atoms with Gasteiger partial charge in [0.05, 0.1) is 6.17 Å². The summed E-state index contributed by atoms with van der Waals surface area (Å²) in [5.74, 6) is -0.190. The molecule has 1 aromatic rings. The van der Waals surface area contributed by atoms with E-state index in [4.69, 9.17) is 0 Å². The highest BCUT2D eigenvalue weighted by molar-refractivity contribution is 5.20. The smallest absolute Gasteiger partial charge is 0.123 e. The van der Waals surface area contributed by atoms with E-state index >= 15 is 0 Å². The Morgan fingerprint density at radius 2 is 2.00 bits per heavy atom. The molecule has 0 spiro atoms. The normalized spacial score (nSPS) is 26.7. The summed E-state index contributed by atoms with van der Waals surface area (Å²) in [5.41, 5.74) is 7.38. The topological polar surface area (TPSA) is 36.1 Å². The van der Waals surface area contributed by atoms with Gasteiger partial charge in [0.25, 0.3) is 0 Å². The summed E-state index contributed by atoms with van der Waals surface area (Å²) in [6, 6.07) is 6.86. The van der Waals surface area contributed by atoms with Crippen LogP contribution in [0.5, 0.6) is 0 Å². The highest BCUT2D eigenvalue weighted by Crippen LogP contribution is 2.20. The average molecular weight is 195 g/mol. The summed E-state index contributed by atoms with van der Waals surface area (Å²) in [4.78, 5) is 0. The molecular weight excluding hydrogens is 181 g/mol. The second-order valence-electron chi connectivity index (χ2n) is 3.47. The van der Waals surface area contributed by atoms with E-state index in [0.29, 0.717) is 0 Å². The van der Waals surface area contributed by atoms with Crippen LogP contribution in [0.15, 0.2) is 24.3 Å². The van der Waals surface area contributed by atoms with Crippen LogP contribution in [-0.2, 0) is 0 Å². The first-order valence-corrected chi connectivity index (χ1v) is 4.73. The summed E-state index contributed by atoms with van der Waals surface area (Å²) in [6.07, 6.45) is 1.24. The van der Waals surface area contributed by atoms with E-state index in [2.05, 4.69) is 16.2 Å². The molecule has 3 nitrogen and oxygen atoms in total. The molecule has 1 aliphatic heterocycles. The highest BCUT2D eigenvalue weighted by Gasteiger charge is 2.23. The lowest BCUT2D eigenvalue weighted by Gasteiger charge is -2.08. The number of benzene rings is 1. The van der Waals surface area contributed by atoms with Crippen molar-refractivity contribution in [3.8, 4) is 0 Å². The second-order valence-corrected chi connectivity index (χ2v) is 3.47. The molecule has 0 bridgehead atoms. The summed E-state index contributed by atoms with van der Waals surface area (Å²) in [5, 5.41) is 3.13. The lowest BCUT2D eigenvalue weighted by molar-refractivity contribution is 0.494. The van der Waals surface area contributed by atoms with Crippen LogP contribution in [0.3, 0.4) is 0 Å². The molecule has 1 heterocycles. The predicted molar refractivity (Wildman–Crippen MR) is 52.9 cm³/mol. The molecule has 76 valence electrons. The summed E-state index contributed by atoms with van der Waals surface area (Å²) < 4.78 is 12.7. The molecular formula is C10H14FN3. The van der Waals surface area contributed by atoms with Crippen LogP contribution in [0.4, 0.5) is 4.39 Å². The molecule has 3 N–H and O–H groups in total. The van der Waals surface area contributed by atoms with Gasteiger partial charge in [-0.1, -0.05) is 12.1 Å². The maximum atomic E-state index is 12.7. The van der Waals surface area contributed by atoms with Gasteiger partial charge in [0.15, 0.2) is 0 Å². The van der Waals surface area contributed by atoms with E-state index in [1.54, 1.807) is 0 Å². The van der Waals surface area contributed by atoms with E-state index in [0.717, 1.165) is 12.0 Å². The monoisotopic (exact) mass is 195 g/mol. The van der Waals surface area contributed by atoms with Crippen LogP contribution < -0.4 is 16.2 Å². The summed E-state index contributed by atoms with van der Waals surface area (Å²) in [7, 11) is 1.91. The van der Waals surface area contributed by atoms with Crippen molar-refractivity contribution in [2.45, 2.75) is 18.6 Å². The van der Waals surface area contributed by atoms with Crippen molar-refractivity contribution < 1.29 is 4.39 Å². The van der Waals surface area contributed by atoms with Crippen molar-refractivity contribution in [2.24, 2.45) is 0 Å². The molecule has 0 aromatic heterocycles. The largest absolute Gasteiger partial charge is 0.304 e. The highest BCUT2D eigenvalue weighted by atomic mass is 19.1. The van der Waals surface area contributed by atoms with Gasteiger partial charge in [-0.25, -0.2) is 15.2 Å². The third kappa shape index (κ3) is 1.92. The number of hydrogen-bond acceptors (Lipinski definition) is 3. The van der Waals surface area contributed by atoms with Crippen molar-refractivity contribution in [1.82, 2.24) is 16.2 Å². The zero-order chi connectivity index (χ0) is 9.97. The number of hydrazine groups is 1. The van der Waals surface area contributed by atoms with Gasteiger partial charge in [-0.3, -0.25) is 0 Å². The van der Waals surface area contributed by atoms with Crippen molar-refractivity contribution in [3.63, 3.8) is 0 Å². The molecule has 14 heavy (non-hydrogen) atoms. The van der Waals surface area contributed by atoms with Crippen LogP contribution in [0.2, 0.25) is 0 Å². The maximum absolute atomic E-state index is 12.7. The van der Waals surface area contributed by atoms with Crippen LogP contribution in [-0.4, -0.2) is 13.2 Å². The summed E-state index contributed by atoms with van der Waals surface area (Å²) in [6.45, 7) is 0. The Morgan fingerprint density at radius 3 is 2.57 bits per heavy atom. The van der Waals surface area contributed by atoms with Crippen LogP contribution in [0, 0.1) is 5.82 Å². The van der Waals surface area contributed by atoms with Gasteiger partial charge >= 0.3 is 0 Å². The minimum Gasteiger partial charge on any atom is -0.304 e. The molecule has 2 rings (SSSR count). The summed E-state index contributed by atoms with van der Waals surface area (Å²) >= 11 is 0. The lowest BCUT2D eigenvalue weighted by Crippen LogP contribution is -2.38. The lowest BCUT2D eigenvalue weighted by atomic mass is 10.0. The number of rotatable bonds is 2. The Bertz CT molecular complexity index is 299. The Hall–Kier alpha value is -0.970. The van der Waals surface area contributed by atoms with Gasteiger partial charge in [-0.2, -0.15) is 0 Å². The molecule has 2 atom stereocenters. The fraction of sp³-hybridized carbons (Fsp3) is 0.400. The van der Waals surface area contributed by atoms with E-state index in [1.807, 2.05) is 19.2 Å². The molecule has 1 aromatic carbocycles. The van der Waals surface area contributed by atoms with E-state index in [1.165, 1.54) is 12.1 Å². The molecule has 0 saturated carbocycles. The molecule has 1 fully saturated rings.